The Bertz CT molecular complexity index is 747. The molecule has 8 heteroatoms. The molecular formula is C14H15FN2O4S. The lowest BCUT2D eigenvalue weighted by Crippen LogP contribution is -2.53. The van der Waals surface area contributed by atoms with Gasteiger partial charge in [0.25, 0.3) is 0 Å². The third-order valence-corrected chi connectivity index (χ3v) is 4.90. The number of halogens is 1. The lowest BCUT2D eigenvalue weighted by Gasteiger charge is -2.38. The lowest BCUT2D eigenvalue weighted by molar-refractivity contribution is -0.134. The van der Waals surface area contributed by atoms with Gasteiger partial charge in [-0.3, -0.25) is 14.9 Å². The summed E-state index contributed by atoms with van der Waals surface area (Å²) >= 11 is 0. The van der Waals surface area contributed by atoms with Gasteiger partial charge in [-0.2, -0.15) is 8.42 Å². The first-order valence-electron chi connectivity index (χ1n) is 7.04. The molecule has 0 saturated carbocycles. The second-order valence-corrected chi connectivity index (χ2v) is 6.84. The van der Waals surface area contributed by atoms with Crippen molar-refractivity contribution in [3.8, 4) is 0 Å². The lowest BCUT2D eigenvalue weighted by atomic mass is 9.96. The molecule has 0 aliphatic carbocycles. The molecule has 22 heavy (non-hydrogen) atoms. The van der Waals surface area contributed by atoms with Crippen molar-refractivity contribution in [2.75, 3.05) is 11.4 Å². The molecule has 2 aliphatic heterocycles. The highest BCUT2D eigenvalue weighted by Crippen LogP contribution is 2.33. The topological polar surface area (TPSA) is 83.6 Å². The number of aryl methyl sites for hydroxylation is 1. The van der Waals surface area contributed by atoms with Gasteiger partial charge in [0.15, 0.2) is 0 Å². The van der Waals surface area contributed by atoms with E-state index in [2.05, 4.69) is 5.32 Å². The molecule has 1 atom stereocenters. The molecule has 1 aromatic carbocycles. The van der Waals surface area contributed by atoms with Crippen LogP contribution in [0, 0.1) is 0 Å². The summed E-state index contributed by atoms with van der Waals surface area (Å²) in [5.74, 6) is -0.698. The van der Waals surface area contributed by atoms with Crippen molar-refractivity contribution < 1.29 is 21.9 Å². The molecule has 6 nitrogen and oxygen atoms in total. The molecule has 1 unspecified atom stereocenters. The molecule has 2 aliphatic rings. The van der Waals surface area contributed by atoms with Crippen LogP contribution in [-0.4, -0.2) is 32.8 Å². The number of benzene rings is 1. The number of nitrogens with one attached hydrogen (secondary N) is 1. The van der Waals surface area contributed by atoms with Crippen LogP contribution in [-0.2, 0) is 26.2 Å². The molecule has 0 aromatic heterocycles. The molecule has 2 amide bonds. The van der Waals surface area contributed by atoms with Gasteiger partial charge in [0.2, 0.25) is 11.8 Å². The minimum absolute atomic E-state index is 0.239. The fourth-order valence-corrected chi connectivity index (χ4v) is 3.52. The van der Waals surface area contributed by atoms with E-state index in [0.29, 0.717) is 18.7 Å². The van der Waals surface area contributed by atoms with E-state index in [1.54, 1.807) is 11.0 Å². The molecule has 1 N–H and O–H groups in total. The molecule has 2 heterocycles. The Morgan fingerprint density at radius 1 is 1.23 bits per heavy atom. The second-order valence-electron chi connectivity index (χ2n) is 5.49. The number of carbonyl (C=O) groups is 2. The predicted molar refractivity (Wildman–Crippen MR) is 76.6 cm³/mol. The fourth-order valence-electron chi connectivity index (χ4n) is 3.04. The summed E-state index contributed by atoms with van der Waals surface area (Å²) in [6.45, 7) is 0.565. The summed E-state index contributed by atoms with van der Waals surface area (Å²) in [5.41, 5.74) is 1.43. The number of rotatable bonds is 2. The predicted octanol–water partition coefficient (Wildman–Crippen LogP) is 0.903. The summed E-state index contributed by atoms with van der Waals surface area (Å²) in [7, 11) is -4.79. The Labute approximate surface area is 127 Å². The zero-order valence-corrected chi connectivity index (χ0v) is 12.5. The molecular weight excluding hydrogens is 311 g/mol. The zero-order valence-electron chi connectivity index (χ0n) is 11.7. The van der Waals surface area contributed by atoms with Gasteiger partial charge in [-0.05, 0) is 37.0 Å². The average Bonchev–Trinajstić information content (AvgIpc) is 2.45. The largest absolute Gasteiger partial charge is 0.359 e. The number of hydrogen-bond donors (Lipinski definition) is 1. The number of hydrogen-bond acceptors (Lipinski definition) is 5. The van der Waals surface area contributed by atoms with E-state index in [1.807, 2.05) is 0 Å². The highest BCUT2D eigenvalue weighted by molar-refractivity contribution is 7.86. The van der Waals surface area contributed by atoms with Crippen molar-refractivity contribution in [3.05, 3.63) is 23.8 Å². The van der Waals surface area contributed by atoms with Crippen LogP contribution >= 0.6 is 0 Å². The molecule has 118 valence electrons. The maximum atomic E-state index is 13.2. The van der Waals surface area contributed by atoms with Crippen LogP contribution in [0.15, 0.2) is 23.1 Å². The van der Waals surface area contributed by atoms with Crippen molar-refractivity contribution in [1.29, 1.82) is 0 Å². The normalized spacial score (nSPS) is 22.2. The van der Waals surface area contributed by atoms with Crippen LogP contribution in [0.3, 0.4) is 0 Å². The van der Waals surface area contributed by atoms with Gasteiger partial charge in [-0.15, -0.1) is 3.89 Å². The van der Waals surface area contributed by atoms with E-state index in [9.17, 15) is 21.9 Å². The average molecular weight is 326 g/mol. The first-order chi connectivity index (χ1) is 10.4. The Balaban J connectivity index is 2.00. The number of nitrogens with zero attached hydrogens (tertiary/aromatic N) is 1. The van der Waals surface area contributed by atoms with E-state index >= 15 is 0 Å². The fraction of sp³-hybridized carbons (Fsp3) is 0.429. The third kappa shape index (κ3) is 2.70. The minimum Gasteiger partial charge on any atom is -0.359 e. The van der Waals surface area contributed by atoms with Crippen LogP contribution in [0.25, 0.3) is 0 Å². The van der Waals surface area contributed by atoms with Crippen LogP contribution in [0.2, 0.25) is 0 Å². The molecule has 3 rings (SSSR count). The summed E-state index contributed by atoms with van der Waals surface area (Å²) in [6, 6.07) is 3.56. The highest BCUT2D eigenvalue weighted by atomic mass is 32.3. The van der Waals surface area contributed by atoms with Gasteiger partial charge in [-0.25, -0.2) is 0 Å². The molecule has 1 saturated heterocycles. The molecule has 0 radical (unpaired) electrons. The first kappa shape index (κ1) is 15.0. The number of amides is 2. The number of piperidine rings is 1. The third-order valence-electron chi connectivity index (χ3n) is 4.08. The van der Waals surface area contributed by atoms with Crippen LogP contribution in [0.1, 0.15) is 24.8 Å². The zero-order chi connectivity index (χ0) is 15.9. The van der Waals surface area contributed by atoms with Crippen molar-refractivity contribution in [2.24, 2.45) is 0 Å². The highest BCUT2D eigenvalue weighted by Gasteiger charge is 2.34. The summed E-state index contributed by atoms with van der Waals surface area (Å²) in [6.07, 6.45) is 2.16. The summed E-state index contributed by atoms with van der Waals surface area (Å²) in [4.78, 5) is 24.6. The van der Waals surface area contributed by atoms with Crippen molar-refractivity contribution in [3.63, 3.8) is 0 Å². The Hall–Kier alpha value is -1.96. The molecule has 1 fully saturated rings. The van der Waals surface area contributed by atoms with Crippen LogP contribution < -0.4 is 10.2 Å². The van der Waals surface area contributed by atoms with Crippen molar-refractivity contribution in [2.45, 2.75) is 36.6 Å². The van der Waals surface area contributed by atoms with Crippen LogP contribution in [0.4, 0.5) is 9.57 Å². The van der Waals surface area contributed by atoms with Gasteiger partial charge >= 0.3 is 10.2 Å². The second kappa shape index (κ2) is 5.35. The first-order valence-corrected chi connectivity index (χ1v) is 8.42. The molecule has 1 aromatic rings. The number of imide groups is 1. The van der Waals surface area contributed by atoms with E-state index in [-0.39, 0.29) is 12.3 Å². The standard InChI is InChI=1S/C14H15FN2O4S/c15-22(20,21)10-4-3-9-2-1-7-17(12(9)8-10)11-5-6-13(18)16-14(11)19/h3-4,8,11H,1-2,5-7H2,(H,16,18,19). The summed E-state index contributed by atoms with van der Waals surface area (Å²) in [5, 5.41) is 2.29. The van der Waals surface area contributed by atoms with Gasteiger partial charge < -0.3 is 4.90 Å². The van der Waals surface area contributed by atoms with Crippen LogP contribution in [0.5, 0.6) is 0 Å². The minimum atomic E-state index is -4.79. The van der Waals surface area contributed by atoms with E-state index in [0.717, 1.165) is 18.4 Å². The summed E-state index contributed by atoms with van der Waals surface area (Å²) < 4.78 is 35.4. The smallest absolute Gasteiger partial charge is 0.332 e. The van der Waals surface area contributed by atoms with Gasteiger partial charge in [0.05, 0.1) is 0 Å². The van der Waals surface area contributed by atoms with Gasteiger partial charge in [0.1, 0.15) is 10.9 Å². The molecule has 0 spiro atoms. The number of carbonyl (C=O) groups excluding carboxylic acids is 2. The number of fused-ring (bicyclic) bond motifs is 1. The van der Waals surface area contributed by atoms with E-state index < -0.39 is 27.1 Å². The monoisotopic (exact) mass is 326 g/mol. The van der Waals surface area contributed by atoms with Gasteiger partial charge in [-0.1, -0.05) is 6.07 Å². The quantitative estimate of drug-likeness (QED) is 0.645. The molecule has 0 bridgehead atoms. The van der Waals surface area contributed by atoms with E-state index in [4.69, 9.17) is 0 Å². The Morgan fingerprint density at radius 2 is 2.00 bits per heavy atom. The SMILES string of the molecule is O=C1CCC(N2CCCc3ccc(S(=O)(=O)F)cc32)C(=O)N1. The van der Waals surface area contributed by atoms with Gasteiger partial charge in [0, 0.05) is 18.7 Å². The van der Waals surface area contributed by atoms with E-state index in [1.165, 1.54) is 12.1 Å². The number of anilines is 1. The van der Waals surface area contributed by atoms with Crippen molar-refractivity contribution >= 4 is 27.7 Å². The Morgan fingerprint density at radius 3 is 2.68 bits per heavy atom. The Kier molecular flexibility index (Phi) is 3.64. The van der Waals surface area contributed by atoms with Crippen molar-refractivity contribution in [1.82, 2.24) is 5.32 Å². The maximum Gasteiger partial charge on any atom is 0.332 e. The maximum absolute atomic E-state index is 13.2.